The highest BCUT2D eigenvalue weighted by Gasteiger charge is 2.16. The summed E-state index contributed by atoms with van der Waals surface area (Å²) in [6.07, 6.45) is 4.41. The van der Waals surface area contributed by atoms with Crippen LogP contribution in [-0.4, -0.2) is 12.8 Å². The van der Waals surface area contributed by atoms with Crippen LogP contribution in [0.3, 0.4) is 0 Å². The fraction of sp³-hybridized carbons (Fsp3) is 0.133. The Morgan fingerprint density at radius 2 is 2.14 bits per heavy atom. The largest absolute Gasteiger partial charge is 0.465 e. The summed E-state index contributed by atoms with van der Waals surface area (Å²) >= 11 is 3.41. The van der Waals surface area contributed by atoms with Gasteiger partial charge in [0, 0.05) is 16.1 Å². The molecule has 3 rings (SSSR count). The molecule has 1 aromatic carbocycles. The zero-order valence-corrected chi connectivity index (χ0v) is 12.5. The van der Waals surface area contributed by atoms with Gasteiger partial charge in [0.2, 0.25) is 6.79 Å². The second-order valence-corrected chi connectivity index (χ2v) is 5.11. The molecule has 0 radical (unpaired) electrons. The van der Waals surface area contributed by atoms with E-state index in [-0.39, 0.29) is 13.4 Å². The van der Waals surface area contributed by atoms with E-state index in [4.69, 9.17) is 18.6 Å². The molecule has 0 atom stereocenters. The third-order valence-electron chi connectivity index (χ3n) is 2.84. The predicted molar refractivity (Wildman–Crippen MR) is 77.8 cm³/mol. The molecule has 5 nitrogen and oxygen atoms in total. The van der Waals surface area contributed by atoms with Crippen LogP contribution in [0.15, 0.2) is 45.5 Å². The van der Waals surface area contributed by atoms with Gasteiger partial charge in [-0.1, -0.05) is 15.9 Å². The summed E-state index contributed by atoms with van der Waals surface area (Å²) in [5.41, 5.74) is 0.805. The first-order chi connectivity index (χ1) is 10.2. The lowest BCUT2D eigenvalue weighted by Crippen LogP contribution is -2.01. The van der Waals surface area contributed by atoms with Gasteiger partial charge in [-0.3, -0.25) is 0 Å². The lowest BCUT2D eigenvalue weighted by molar-refractivity contribution is -0.138. The molecule has 0 fully saturated rings. The number of esters is 1. The van der Waals surface area contributed by atoms with Crippen LogP contribution < -0.4 is 9.47 Å². The highest BCUT2D eigenvalue weighted by atomic mass is 79.9. The average Bonchev–Trinajstić information content (AvgIpc) is 3.13. The second-order valence-electron chi connectivity index (χ2n) is 4.25. The van der Waals surface area contributed by atoms with Crippen LogP contribution in [0, 0.1) is 0 Å². The Bertz CT molecular complexity index is 676. The van der Waals surface area contributed by atoms with Gasteiger partial charge in [-0.25, -0.2) is 4.79 Å². The number of carbonyl (C=O) groups is 1. The monoisotopic (exact) mass is 350 g/mol. The third kappa shape index (κ3) is 3.28. The summed E-state index contributed by atoms with van der Waals surface area (Å²) in [7, 11) is 0. The molecule has 21 heavy (non-hydrogen) atoms. The van der Waals surface area contributed by atoms with Crippen molar-refractivity contribution in [1.82, 2.24) is 0 Å². The van der Waals surface area contributed by atoms with Gasteiger partial charge in [-0.2, -0.15) is 0 Å². The fourth-order valence-corrected chi connectivity index (χ4v) is 2.24. The topological polar surface area (TPSA) is 57.9 Å². The first kappa shape index (κ1) is 13.8. The Kier molecular flexibility index (Phi) is 3.96. The van der Waals surface area contributed by atoms with Crippen molar-refractivity contribution in [2.24, 2.45) is 0 Å². The molecule has 108 valence electrons. The Balaban J connectivity index is 1.61. The lowest BCUT2D eigenvalue weighted by Gasteiger charge is -2.06. The molecule has 0 saturated heterocycles. The van der Waals surface area contributed by atoms with Crippen LogP contribution in [0.4, 0.5) is 0 Å². The van der Waals surface area contributed by atoms with Crippen LogP contribution in [0.5, 0.6) is 11.5 Å². The molecule has 1 aliphatic rings. The predicted octanol–water partition coefficient (Wildman–Crippen LogP) is 3.53. The highest BCUT2D eigenvalue weighted by Crippen LogP contribution is 2.37. The molecular weight excluding hydrogens is 340 g/mol. The van der Waals surface area contributed by atoms with Gasteiger partial charge in [0.05, 0.1) is 6.26 Å². The minimum Gasteiger partial charge on any atom is -0.465 e. The zero-order chi connectivity index (χ0) is 14.7. The Hall–Kier alpha value is -2.21. The number of halogens is 1. The van der Waals surface area contributed by atoms with Crippen molar-refractivity contribution < 1.29 is 23.4 Å². The number of furan rings is 1. The van der Waals surface area contributed by atoms with Crippen molar-refractivity contribution >= 4 is 28.0 Å². The highest BCUT2D eigenvalue weighted by molar-refractivity contribution is 9.10. The van der Waals surface area contributed by atoms with E-state index >= 15 is 0 Å². The summed E-state index contributed by atoms with van der Waals surface area (Å²) in [5, 5.41) is 0. The zero-order valence-electron chi connectivity index (χ0n) is 10.9. The molecule has 1 aliphatic heterocycles. The van der Waals surface area contributed by atoms with Crippen molar-refractivity contribution in [1.29, 1.82) is 0 Å². The molecule has 6 heteroatoms. The first-order valence-corrected chi connectivity index (χ1v) is 6.98. The maximum absolute atomic E-state index is 11.6. The van der Waals surface area contributed by atoms with Crippen LogP contribution >= 0.6 is 15.9 Å². The van der Waals surface area contributed by atoms with Gasteiger partial charge in [-0.05, 0) is 30.3 Å². The average molecular weight is 351 g/mol. The summed E-state index contributed by atoms with van der Waals surface area (Å²) in [6.45, 7) is 0.343. The quantitative estimate of drug-likeness (QED) is 0.623. The van der Waals surface area contributed by atoms with E-state index in [1.807, 2.05) is 0 Å². The van der Waals surface area contributed by atoms with Crippen molar-refractivity contribution in [2.75, 3.05) is 6.79 Å². The van der Waals surface area contributed by atoms with Crippen molar-refractivity contribution in [3.05, 3.63) is 52.4 Å². The normalized spacial score (nSPS) is 12.8. The number of fused-ring (bicyclic) bond motifs is 1. The van der Waals surface area contributed by atoms with Gasteiger partial charge >= 0.3 is 5.97 Å². The molecule has 1 aromatic heterocycles. The molecule has 0 bridgehead atoms. The number of rotatable bonds is 4. The minimum atomic E-state index is -0.448. The molecule has 2 aromatic rings. The van der Waals surface area contributed by atoms with Crippen LogP contribution in [0.25, 0.3) is 6.08 Å². The maximum Gasteiger partial charge on any atom is 0.331 e. The van der Waals surface area contributed by atoms with Crippen LogP contribution in [0.2, 0.25) is 0 Å². The van der Waals surface area contributed by atoms with E-state index in [0.29, 0.717) is 17.3 Å². The Labute approximate surface area is 129 Å². The molecule has 0 unspecified atom stereocenters. The standard InChI is InChI=1S/C15H11BrO5/c16-12-7-14-13(20-9-21-14)6-10(12)8-19-15(17)4-3-11-2-1-5-18-11/h1-7H,8-9H2/b4-3+. The van der Waals surface area contributed by atoms with Gasteiger partial charge in [0.1, 0.15) is 12.4 Å². The lowest BCUT2D eigenvalue weighted by atomic mass is 10.2. The number of hydrogen-bond acceptors (Lipinski definition) is 5. The SMILES string of the molecule is O=C(/C=C/c1ccco1)OCc1cc2c(cc1Br)OCO2. The minimum absolute atomic E-state index is 0.137. The summed E-state index contributed by atoms with van der Waals surface area (Å²) < 4.78 is 21.6. The van der Waals surface area contributed by atoms with Crippen molar-refractivity contribution in [3.63, 3.8) is 0 Å². The van der Waals surface area contributed by atoms with Gasteiger partial charge < -0.3 is 18.6 Å². The van der Waals surface area contributed by atoms with Gasteiger partial charge in [-0.15, -0.1) is 0 Å². The third-order valence-corrected chi connectivity index (χ3v) is 3.58. The Morgan fingerprint density at radius 3 is 2.90 bits per heavy atom. The number of benzene rings is 1. The molecule has 0 aliphatic carbocycles. The van der Waals surface area contributed by atoms with E-state index in [2.05, 4.69) is 15.9 Å². The number of carbonyl (C=O) groups excluding carboxylic acids is 1. The molecule has 0 N–H and O–H groups in total. The molecule has 0 amide bonds. The van der Waals surface area contributed by atoms with E-state index in [9.17, 15) is 4.79 Å². The van der Waals surface area contributed by atoms with E-state index in [1.54, 1.807) is 30.3 Å². The van der Waals surface area contributed by atoms with Crippen molar-refractivity contribution in [3.8, 4) is 11.5 Å². The smallest absolute Gasteiger partial charge is 0.331 e. The molecule has 2 heterocycles. The van der Waals surface area contributed by atoms with E-state index < -0.39 is 5.97 Å². The summed E-state index contributed by atoms with van der Waals surface area (Å²) in [4.78, 5) is 11.6. The van der Waals surface area contributed by atoms with E-state index in [1.165, 1.54) is 12.3 Å². The molecule has 0 spiro atoms. The number of hydrogen-bond donors (Lipinski definition) is 0. The second kappa shape index (κ2) is 6.05. The first-order valence-electron chi connectivity index (χ1n) is 6.19. The maximum atomic E-state index is 11.6. The van der Waals surface area contributed by atoms with Gasteiger partial charge in [0.25, 0.3) is 0 Å². The Morgan fingerprint density at radius 1 is 1.33 bits per heavy atom. The summed E-state index contributed by atoms with van der Waals surface area (Å²) in [5.74, 6) is 1.47. The number of ether oxygens (including phenoxy) is 3. The molecular formula is C15H11BrO5. The fourth-order valence-electron chi connectivity index (χ4n) is 1.80. The summed E-state index contributed by atoms with van der Waals surface area (Å²) in [6, 6.07) is 7.08. The van der Waals surface area contributed by atoms with Gasteiger partial charge in [0.15, 0.2) is 11.5 Å². The molecule has 0 saturated carbocycles. The van der Waals surface area contributed by atoms with Crippen LogP contribution in [-0.2, 0) is 16.1 Å². The van der Waals surface area contributed by atoms with E-state index in [0.717, 1.165) is 10.0 Å². The van der Waals surface area contributed by atoms with Crippen molar-refractivity contribution in [2.45, 2.75) is 6.61 Å². The van der Waals surface area contributed by atoms with Crippen LogP contribution in [0.1, 0.15) is 11.3 Å².